The van der Waals surface area contributed by atoms with Crippen LogP contribution in [0.25, 0.3) is 0 Å². The minimum Gasteiger partial charge on any atom is -0.339 e. The van der Waals surface area contributed by atoms with Gasteiger partial charge in [0.05, 0.1) is 10.7 Å². The number of anilines is 2. The van der Waals surface area contributed by atoms with Crippen molar-refractivity contribution < 1.29 is 0 Å². The zero-order chi connectivity index (χ0) is 14.9. The van der Waals surface area contributed by atoms with Crippen LogP contribution in [0.3, 0.4) is 0 Å². The molecule has 0 aliphatic carbocycles. The fourth-order valence-electron chi connectivity index (χ4n) is 1.73. The molecule has 20 heavy (non-hydrogen) atoms. The lowest BCUT2D eigenvalue weighted by atomic mass is 10.2. The van der Waals surface area contributed by atoms with Crippen LogP contribution in [0.4, 0.5) is 11.5 Å². The van der Waals surface area contributed by atoms with Crippen LogP contribution in [0, 0.1) is 13.8 Å². The molecular formula is C15H17Cl2N3. The Morgan fingerprint density at radius 3 is 2.40 bits per heavy atom. The van der Waals surface area contributed by atoms with Gasteiger partial charge in [-0.1, -0.05) is 43.1 Å². The number of halogens is 2. The maximum absolute atomic E-state index is 6.23. The Morgan fingerprint density at radius 2 is 1.80 bits per heavy atom. The minimum absolute atomic E-state index is 0.210. The van der Waals surface area contributed by atoms with E-state index in [-0.39, 0.29) is 5.92 Å². The second-order valence-corrected chi connectivity index (χ2v) is 5.87. The van der Waals surface area contributed by atoms with Gasteiger partial charge in [-0.05, 0) is 31.5 Å². The molecule has 0 aliphatic heterocycles. The molecule has 0 amide bonds. The van der Waals surface area contributed by atoms with Gasteiger partial charge in [0.2, 0.25) is 0 Å². The smallest absolute Gasteiger partial charge is 0.138 e. The second kappa shape index (κ2) is 5.98. The van der Waals surface area contributed by atoms with Gasteiger partial charge >= 0.3 is 0 Å². The molecular weight excluding hydrogens is 293 g/mol. The average Bonchev–Trinajstić information content (AvgIpc) is 2.37. The van der Waals surface area contributed by atoms with Gasteiger partial charge in [-0.2, -0.15) is 0 Å². The van der Waals surface area contributed by atoms with Crippen LogP contribution in [0.1, 0.15) is 36.7 Å². The standard InChI is InChI=1S/C15H17Cl2N3/c1-8(2)14-19-13(17)10(4)15(20-14)18-12-6-5-9(3)7-11(12)16/h5-8H,1-4H3,(H,18,19,20). The van der Waals surface area contributed by atoms with E-state index in [1.807, 2.05) is 45.9 Å². The molecule has 5 heteroatoms. The second-order valence-electron chi connectivity index (χ2n) is 5.11. The van der Waals surface area contributed by atoms with Gasteiger partial charge in [0.1, 0.15) is 16.8 Å². The van der Waals surface area contributed by atoms with Crippen LogP contribution in [-0.2, 0) is 0 Å². The molecule has 0 aliphatic rings. The van der Waals surface area contributed by atoms with Gasteiger partial charge < -0.3 is 5.32 Å². The normalized spacial score (nSPS) is 10.9. The third-order valence-corrected chi connectivity index (χ3v) is 3.68. The van der Waals surface area contributed by atoms with Crippen molar-refractivity contribution in [1.82, 2.24) is 9.97 Å². The largest absolute Gasteiger partial charge is 0.339 e. The number of benzene rings is 1. The highest BCUT2D eigenvalue weighted by atomic mass is 35.5. The molecule has 2 aromatic rings. The molecule has 0 radical (unpaired) electrons. The number of nitrogens with one attached hydrogen (secondary N) is 1. The van der Waals surface area contributed by atoms with E-state index in [4.69, 9.17) is 23.2 Å². The van der Waals surface area contributed by atoms with Crippen LogP contribution in [0.15, 0.2) is 18.2 Å². The number of aromatic nitrogens is 2. The molecule has 3 nitrogen and oxygen atoms in total. The van der Waals surface area contributed by atoms with E-state index < -0.39 is 0 Å². The molecule has 106 valence electrons. The molecule has 0 saturated carbocycles. The van der Waals surface area contributed by atoms with Crippen LogP contribution >= 0.6 is 23.2 Å². The summed E-state index contributed by atoms with van der Waals surface area (Å²) in [5.41, 5.74) is 2.73. The van der Waals surface area contributed by atoms with Gasteiger partial charge in [-0.3, -0.25) is 0 Å². The lowest BCUT2D eigenvalue weighted by Gasteiger charge is -2.14. The molecule has 0 atom stereocenters. The van der Waals surface area contributed by atoms with Crippen molar-refractivity contribution >= 4 is 34.7 Å². The Hall–Kier alpha value is -1.32. The van der Waals surface area contributed by atoms with Crippen molar-refractivity contribution in [3.63, 3.8) is 0 Å². The number of aryl methyl sites for hydroxylation is 1. The molecule has 1 aromatic carbocycles. The Labute approximate surface area is 129 Å². The topological polar surface area (TPSA) is 37.8 Å². The highest BCUT2D eigenvalue weighted by molar-refractivity contribution is 6.33. The molecule has 0 saturated heterocycles. The summed E-state index contributed by atoms with van der Waals surface area (Å²) in [6, 6.07) is 5.84. The minimum atomic E-state index is 0.210. The molecule has 0 bridgehead atoms. The van der Waals surface area contributed by atoms with Crippen LogP contribution in [0.5, 0.6) is 0 Å². The van der Waals surface area contributed by atoms with Crippen LogP contribution in [0.2, 0.25) is 10.2 Å². The Kier molecular flexibility index (Phi) is 4.51. The summed E-state index contributed by atoms with van der Waals surface area (Å²) in [5, 5.41) is 4.36. The highest BCUT2D eigenvalue weighted by Crippen LogP contribution is 2.29. The number of rotatable bonds is 3. The zero-order valence-electron chi connectivity index (χ0n) is 12.0. The maximum Gasteiger partial charge on any atom is 0.138 e. The maximum atomic E-state index is 6.23. The van der Waals surface area contributed by atoms with Crippen LogP contribution < -0.4 is 5.32 Å². The van der Waals surface area contributed by atoms with Gasteiger partial charge in [0.25, 0.3) is 0 Å². The summed E-state index contributed by atoms with van der Waals surface area (Å²) >= 11 is 12.4. The summed E-state index contributed by atoms with van der Waals surface area (Å²) in [6.45, 7) is 7.95. The van der Waals surface area contributed by atoms with Crippen molar-refractivity contribution in [2.24, 2.45) is 0 Å². The lowest BCUT2D eigenvalue weighted by Crippen LogP contribution is -2.05. The summed E-state index contributed by atoms with van der Waals surface area (Å²) < 4.78 is 0. The quantitative estimate of drug-likeness (QED) is 0.785. The first-order valence-corrected chi connectivity index (χ1v) is 7.21. The van der Waals surface area contributed by atoms with E-state index in [1.54, 1.807) is 0 Å². The summed E-state index contributed by atoms with van der Waals surface area (Å²) in [7, 11) is 0. The molecule has 0 unspecified atom stereocenters. The SMILES string of the molecule is Cc1ccc(Nc2nc(C(C)C)nc(Cl)c2C)c(Cl)c1. The van der Waals surface area contributed by atoms with E-state index in [2.05, 4.69) is 15.3 Å². The van der Waals surface area contributed by atoms with Crippen molar-refractivity contribution in [3.8, 4) is 0 Å². The Balaban J connectivity index is 2.42. The first-order valence-electron chi connectivity index (χ1n) is 6.45. The Bertz CT molecular complexity index is 639. The third kappa shape index (κ3) is 3.22. The third-order valence-electron chi connectivity index (χ3n) is 3.00. The molecule has 2 rings (SSSR count). The predicted molar refractivity (Wildman–Crippen MR) is 85.3 cm³/mol. The van der Waals surface area contributed by atoms with Gasteiger partial charge in [0, 0.05) is 11.5 Å². The average molecular weight is 310 g/mol. The van der Waals surface area contributed by atoms with E-state index in [0.29, 0.717) is 21.8 Å². The van der Waals surface area contributed by atoms with Crippen molar-refractivity contribution in [3.05, 3.63) is 45.3 Å². The van der Waals surface area contributed by atoms with Gasteiger partial charge in [-0.15, -0.1) is 0 Å². The lowest BCUT2D eigenvalue weighted by molar-refractivity contribution is 0.773. The van der Waals surface area contributed by atoms with E-state index in [0.717, 1.165) is 16.8 Å². The monoisotopic (exact) mass is 309 g/mol. The number of hydrogen-bond acceptors (Lipinski definition) is 3. The molecule has 0 fully saturated rings. The molecule has 1 heterocycles. The van der Waals surface area contributed by atoms with Crippen molar-refractivity contribution in [2.45, 2.75) is 33.6 Å². The van der Waals surface area contributed by atoms with Gasteiger partial charge in [0.15, 0.2) is 0 Å². The fraction of sp³-hybridized carbons (Fsp3) is 0.333. The Morgan fingerprint density at radius 1 is 1.10 bits per heavy atom. The number of hydrogen-bond donors (Lipinski definition) is 1. The summed E-state index contributed by atoms with van der Waals surface area (Å²) in [4.78, 5) is 8.82. The summed E-state index contributed by atoms with van der Waals surface area (Å²) in [5.74, 6) is 1.62. The molecule has 1 aromatic heterocycles. The fourth-order valence-corrected chi connectivity index (χ4v) is 2.19. The summed E-state index contributed by atoms with van der Waals surface area (Å²) in [6.07, 6.45) is 0. The number of nitrogens with zero attached hydrogens (tertiary/aromatic N) is 2. The van der Waals surface area contributed by atoms with Crippen LogP contribution in [-0.4, -0.2) is 9.97 Å². The van der Waals surface area contributed by atoms with Crippen molar-refractivity contribution in [1.29, 1.82) is 0 Å². The zero-order valence-corrected chi connectivity index (χ0v) is 13.5. The molecule has 0 spiro atoms. The van der Waals surface area contributed by atoms with E-state index >= 15 is 0 Å². The van der Waals surface area contributed by atoms with E-state index in [1.165, 1.54) is 0 Å². The van der Waals surface area contributed by atoms with Crippen molar-refractivity contribution in [2.75, 3.05) is 5.32 Å². The van der Waals surface area contributed by atoms with E-state index in [9.17, 15) is 0 Å². The predicted octanol–water partition coefficient (Wildman–Crippen LogP) is 5.27. The highest BCUT2D eigenvalue weighted by Gasteiger charge is 2.13. The molecule has 1 N–H and O–H groups in total. The first kappa shape index (κ1) is 15.1. The first-order chi connectivity index (χ1) is 9.38. The van der Waals surface area contributed by atoms with Gasteiger partial charge in [-0.25, -0.2) is 9.97 Å².